The molecular weight excluding hydrogens is 466 g/mol. The number of hydrogen-bond acceptors (Lipinski definition) is 7. The van der Waals surface area contributed by atoms with Gasteiger partial charge in [-0.05, 0) is 24.3 Å². The van der Waals surface area contributed by atoms with Crippen molar-refractivity contribution in [2.75, 3.05) is 62.4 Å². The molecule has 36 heavy (non-hydrogen) atoms. The van der Waals surface area contributed by atoms with Gasteiger partial charge in [-0.1, -0.05) is 12.1 Å². The molecule has 2 aromatic carbocycles. The summed E-state index contributed by atoms with van der Waals surface area (Å²) >= 11 is 0. The van der Waals surface area contributed by atoms with Crippen LogP contribution in [0.4, 0.5) is 11.4 Å². The fourth-order valence-electron chi connectivity index (χ4n) is 5.10. The van der Waals surface area contributed by atoms with Crippen LogP contribution in [0.25, 0.3) is 0 Å². The smallest absolute Gasteiger partial charge is 0.265 e. The predicted octanol–water partition coefficient (Wildman–Crippen LogP) is 1.46. The Bertz CT molecular complexity index is 1200. The van der Waals surface area contributed by atoms with Gasteiger partial charge in [-0.2, -0.15) is 0 Å². The highest BCUT2D eigenvalue weighted by Crippen LogP contribution is 2.38. The lowest BCUT2D eigenvalue weighted by atomic mass is 10.0. The molecule has 2 unspecified atom stereocenters. The van der Waals surface area contributed by atoms with Gasteiger partial charge in [-0.15, -0.1) is 0 Å². The molecule has 0 bridgehead atoms. The number of carbonyl (C=O) groups excluding carboxylic acids is 3. The Kier molecular flexibility index (Phi) is 5.88. The fraction of sp³-hybridized carbons (Fsp3) is 0.423. The van der Waals surface area contributed by atoms with E-state index in [1.807, 2.05) is 12.1 Å². The summed E-state index contributed by atoms with van der Waals surface area (Å²) in [6.07, 6.45) is -0.720. The summed E-state index contributed by atoms with van der Waals surface area (Å²) in [5.41, 5.74) is 1.28. The third-order valence-electron chi connectivity index (χ3n) is 6.95. The minimum absolute atomic E-state index is 0.0921. The molecule has 10 nitrogen and oxygen atoms in total. The molecule has 3 amide bonds. The largest absolute Gasteiger partial charge is 0.486 e. The average Bonchev–Trinajstić information content (AvgIpc) is 3.33. The Hall–Kier alpha value is -3.79. The Morgan fingerprint density at radius 1 is 0.833 bits per heavy atom. The van der Waals surface area contributed by atoms with Gasteiger partial charge in [0.1, 0.15) is 19.0 Å². The Morgan fingerprint density at radius 2 is 1.61 bits per heavy atom. The number of ether oxygens (including phenoxy) is 4. The van der Waals surface area contributed by atoms with Crippen molar-refractivity contribution in [1.82, 2.24) is 4.90 Å². The van der Waals surface area contributed by atoms with Gasteiger partial charge in [0.25, 0.3) is 5.91 Å². The van der Waals surface area contributed by atoms with Crippen molar-refractivity contribution in [2.45, 2.75) is 12.5 Å². The van der Waals surface area contributed by atoms with Crippen LogP contribution >= 0.6 is 0 Å². The van der Waals surface area contributed by atoms with E-state index in [-0.39, 0.29) is 37.2 Å². The molecule has 6 rings (SSSR count). The van der Waals surface area contributed by atoms with Crippen molar-refractivity contribution < 1.29 is 33.3 Å². The topological polar surface area (TPSA) is 97.9 Å². The van der Waals surface area contributed by atoms with Crippen molar-refractivity contribution in [2.24, 2.45) is 5.92 Å². The third-order valence-corrected chi connectivity index (χ3v) is 6.95. The van der Waals surface area contributed by atoms with Gasteiger partial charge in [0, 0.05) is 37.8 Å². The van der Waals surface area contributed by atoms with Crippen LogP contribution in [-0.2, 0) is 19.1 Å². The lowest BCUT2D eigenvalue weighted by Crippen LogP contribution is -2.54. The van der Waals surface area contributed by atoms with Crippen molar-refractivity contribution in [1.29, 1.82) is 0 Å². The van der Waals surface area contributed by atoms with Crippen molar-refractivity contribution in [3.8, 4) is 17.2 Å². The summed E-state index contributed by atoms with van der Waals surface area (Å²) in [6.45, 7) is 3.24. The third kappa shape index (κ3) is 4.11. The van der Waals surface area contributed by atoms with E-state index >= 15 is 0 Å². The van der Waals surface area contributed by atoms with E-state index in [2.05, 4.69) is 0 Å². The van der Waals surface area contributed by atoms with Crippen LogP contribution in [0.3, 0.4) is 0 Å². The number of rotatable bonds is 3. The first-order chi connectivity index (χ1) is 17.6. The molecule has 10 heteroatoms. The maximum Gasteiger partial charge on any atom is 0.265 e. The zero-order chi connectivity index (χ0) is 24.6. The molecule has 0 aromatic heterocycles. The second-order valence-electron chi connectivity index (χ2n) is 9.19. The first kappa shape index (κ1) is 22.7. The number of anilines is 2. The first-order valence-electron chi connectivity index (χ1n) is 12.2. The number of carbonyl (C=O) groups is 3. The number of amides is 3. The molecule has 188 valence electrons. The molecule has 0 spiro atoms. The van der Waals surface area contributed by atoms with Gasteiger partial charge in [-0.25, -0.2) is 0 Å². The highest BCUT2D eigenvalue weighted by Gasteiger charge is 2.42. The molecule has 0 saturated carbocycles. The molecule has 0 N–H and O–H groups in total. The SMILES string of the molecule is O=C(C1CN(C(=O)C2CC(=O)N(c3ccc4c(c3)OCCO4)C2)c2ccccc2O1)N1CCOCC1. The summed E-state index contributed by atoms with van der Waals surface area (Å²) in [6, 6.07) is 12.6. The molecule has 4 heterocycles. The molecule has 4 aliphatic rings. The minimum Gasteiger partial charge on any atom is -0.486 e. The van der Waals surface area contributed by atoms with Crippen LogP contribution in [0.1, 0.15) is 6.42 Å². The predicted molar refractivity (Wildman–Crippen MR) is 129 cm³/mol. The summed E-state index contributed by atoms with van der Waals surface area (Å²) < 4.78 is 22.6. The number of hydrogen-bond donors (Lipinski definition) is 0. The van der Waals surface area contributed by atoms with E-state index in [1.165, 1.54) is 0 Å². The van der Waals surface area contributed by atoms with E-state index in [0.717, 1.165) is 0 Å². The lowest BCUT2D eigenvalue weighted by Gasteiger charge is -2.38. The van der Waals surface area contributed by atoms with E-state index in [1.54, 1.807) is 45.0 Å². The van der Waals surface area contributed by atoms with E-state index in [0.29, 0.717) is 68.1 Å². The summed E-state index contributed by atoms with van der Waals surface area (Å²) in [5.74, 6) is 0.684. The van der Waals surface area contributed by atoms with Crippen LogP contribution in [0.15, 0.2) is 42.5 Å². The molecular formula is C26H27N3O7. The van der Waals surface area contributed by atoms with Gasteiger partial charge in [0.2, 0.25) is 11.8 Å². The number of fused-ring (bicyclic) bond motifs is 2. The lowest BCUT2D eigenvalue weighted by molar-refractivity contribution is -0.143. The molecule has 2 saturated heterocycles. The monoisotopic (exact) mass is 493 g/mol. The van der Waals surface area contributed by atoms with Crippen molar-refractivity contribution in [3.63, 3.8) is 0 Å². The van der Waals surface area contributed by atoms with Crippen LogP contribution < -0.4 is 24.0 Å². The van der Waals surface area contributed by atoms with E-state index < -0.39 is 12.0 Å². The fourth-order valence-corrected chi connectivity index (χ4v) is 5.10. The Balaban J connectivity index is 1.22. The van der Waals surface area contributed by atoms with Gasteiger partial charge < -0.3 is 33.6 Å². The Morgan fingerprint density at radius 3 is 2.44 bits per heavy atom. The zero-order valence-electron chi connectivity index (χ0n) is 19.8. The molecule has 0 radical (unpaired) electrons. The van der Waals surface area contributed by atoms with Gasteiger partial charge in [0.05, 0.1) is 31.4 Å². The van der Waals surface area contributed by atoms with Crippen LogP contribution in [0, 0.1) is 5.92 Å². The van der Waals surface area contributed by atoms with Gasteiger partial charge >= 0.3 is 0 Å². The molecule has 2 aromatic rings. The normalized spacial score (nSPS) is 23.2. The highest BCUT2D eigenvalue weighted by atomic mass is 16.6. The van der Waals surface area contributed by atoms with Gasteiger partial charge in [0.15, 0.2) is 17.6 Å². The summed E-state index contributed by atoms with van der Waals surface area (Å²) in [4.78, 5) is 44.8. The number of para-hydroxylation sites is 2. The number of morpholine rings is 1. The van der Waals surface area contributed by atoms with Crippen molar-refractivity contribution >= 4 is 29.1 Å². The van der Waals surface area contributed by atoms with Gasteiger partial charge in [-0.3, -0.25) is 14.4 Å². The number of nitrogens with zero attached hydrogens (tertiary/aromatic N) is 3. The summed E-state index contributed by atoms with van der Waals surface area (Å²) in [5, 5.41) is 0. The molecule has 0 aliphatic carbocycles. The minimum atomic E-state index is -0.812. The quantitative estimate of drug-likeness (QED) is 0.639. The summed E-state index contributed by atoms with van der Waals surface area (Å²) in [7, 11) is 0. The number of benzene rings is 2. The second kappa shape index (κ2) is 9.34. The maximum atomic E-state index is 13.8. The molecule has 2 atom stereocenters. The Labute approximate surface area is 208 Å². The highest BCUT2D eigenvalue weighted by molar-refractivity contribution is 6.05. The average molecular weight is 494 g/mol. The first-order valence-corrected chi connectivity index (χ1v) is 12.2. The molecule has 2 fully saturated rings. The molecule has 4 aliphatic heterocycles. The van der Waals surface area contributed by atoms with E-state index in [4.69, 9.17) is 18.9 Å². The van der Waals surface area contributed by atoms with Crippen LogP contribution in [-0.4, -0.2) is 81.3 Å². The second-order valence-corrected chi connectivity index (χ2v) is 9.19. The van der Waals surface area contributed by atoms with Crippen LogP contribution in [0.5, 0.6) is 17.2 Å². The van der Waals surface area contributed by atoms with E-state index in [9.17, 15) is 14.4 Å². The maximum absolute atomic E-state index is 13.8. The van der Waals surface area contributed by atoms with Crippen LogP contribution in [0.2, 0.25) is 0 Å². The standard InChI is InChI=1S/C26H27N3O7/c30-24-13-17(15-28(24)18-5-6-21-22(14-18)35-12-11-34-21)25(31)29-16-23(26(32)27-7-9-33-10-8-27)36-20-4-2-1-3-19(20)29/h1-6,14,17,23H,7-13,15-16H2. The zero-order valence-corrected chi connectivity index (χ0v) is 19.8. The van der Waals surface area contributed by atoms with Crippen molar-refractivity contribution in [3.05, 3.63) is 42.5 Å².